The molecule has 1 amide bonds. The van der Waals surface area contributed by atoms with E-state index in [1.807, 2.05) is 6.92 Å². The van der Waals surface area contributed by atoms with E-state index in [9.17, 15) is 4.79 Å². The first-order valence-electron chi connectivity index (χ1n) is 5.11. The van der Waals surface area contributed by atoms with E-state index in [-0.39, 0.29) is 5.91 Å². The van der Waals surface area contributed by atoms with Crippen LogP contribution in [0.5, 0.6) is 0 Å². The van der Waals surface area contributed by atoms with Crippen LogP contribution in [0.25, 0.3) is 0 Å². The largest absolute Gasteiger partial charge is 0.364 e. The minimum Gasteiger partial charge on any atom is -0.364 e. The van der Waals surface area contributed by atoms with Crippen molar-refractivity contribution in [2.24, 2.45) is 0 Å². The average molecular weight is 211 g/mol. The van der Waals surface area contributed by atoms with Gasteiger partial charge in [-0.1, -0.05) is 12.1 Å². The normalized spacial score (nSPS) is 12.4. The van der Waals surface area contributed by atoms with Crippen LogP contribution >= 0.6 is 0 Å². The third kappa shape index (κ3) is 4.60. The molecule has 2 N–H and O–H groups in total. The minimum atomic E-state index is -0.0294. The Bertz CT molecular complexity index is 285. The van der Waals surface area contributed by atoms with E-state index in [0.717, 1.165) is 12.1 Å². The lowest BCUT2D eigenvalue weighted by Gasteiger charge is -2.10. The molecule has 1 unspecified atom stereocenters. The predicted octanol–water partition coefficient (Wildman–Crippen LogP) is 0.679. The molecule has 0 aliphatic rings. The third-order valence-electron chi connectivity index (χ3n) is 2.18. The summed E-state index contributed by atoms with van der Waals surface area (Å²) in [5.74, 6) is -0.0294. The molecule has 15 heavy (non-hydrogen) atoms. The number of amides is 1. The van der Waals surface area contributed by atoms with Crippen molar-refractivity contribution in [2.45, 2.75) is 32.9 Å². The molecule has 0 aliphatic heterocycles. The van der Waals surface area contributed by atoms with Gasteiger partial charge in [0.15, 0.2) is 0 Å². The Morgan fingerprint density at radius 1 is 1.67 bits per heavy atom. The topological polar surface area (TPSA) is 67.2 Å². The van der Waals surface area contributed by atoms with E-state index in [1.54, 1.807) is 6.07 Å². The van der Waals surface area contributed by atoms with Crippen molar-refractivity contribution in [3.63, 3.8) is 0 Å². The smallest absolute Gasteiger partial charge is 0.234 e. The fourth-order valence-corrected chi connectivity index (χ4v) is 0.992. The number of nitrogens with zero attached hydrogens (tertiary/aromatic N) is 1. The van der Waals surface area contributed by atoms with E-state index >= 15 is 0 Å². The van der Waals surface area contributed by atoms with Crippen LogP contribution in [-0.4, -0.2) is 23.7 Å². The lowest BCUT2D eigenvalue weighted by molar-refractivity contribution is -0.120. The number of hydrogen-bond acceptors (Lipinski definition) is 4. The number of carbonyl (C=O) groups excluding carboxylic acids is 1. The van der Waals surface area contributed by atoms with Gasteiger partial charge in [-0.15, -0.1) is 0 Å². The zero-order chi connectivity index (χ0) is 11.1. The van der Waals surface area contributed by atoms with Gasteiger partial charge in [0.1, 0.15) is 12.0 Å². The average Bonchev–Trinajstić information content (AvgIpc) is 2.75. The maximum Gasteiger partial charge on any atom is 0.234 e. The highest BCUT2D eigenvalue weighted by Gasteiger charge is 2.04. The van der Waals surface area contributed by atoms with Gasteiger partial charge in [0, 0.05) is 12.1 Å². The Morgan fingerprint density at radius 3 is 3.07 bits per heavy atom. The molecule has 0 spiro atoms. The molecular formula is C10H17N3O2. The summed E-state index contributed by atoms with van der Waals surface area (Å²) in [7, 11) is 0. The molecule has 5 nitrogen and oxygen atoms in total. The van der Waals surface area contributed by atoms with Gasteiger partial charge < -0.3 is 15.2 Å². The predicted molar refractivity (Wildman–Crippen MR) is 56.1 cm³/mol. The molecular weight excluding hydrogens is 194 g/mol. The minimum absolute atomic E-state index is 0.0294. The highest BCUT2D eigenvalue weighted by atomic mass is 16.5. The first-order chi connectivity index (χ1) is 7.22. The number of nitrogens with one attached hydrogen (secondary N) is 2. The van der Waals surface area contributed by atoms with E-state index in [0.29, 0.717) is 19.1 Å². The monoisotopic (exact) mass is 211 g/mol. The van der Waals surface area contributed by atoms with Gasteiger partial charge >= 0.3 is 0 Å². The van der Waals surface area contributed by atoms with Crippen molar-refractivity contribution in [3.8, 4) is 0 Å². The van der Waals surface area contributed by atoms with E-state index in [2.05, 4.69) is 27.2 Å². The Balaban J connectivity index is 2.14. The molecule has 84 valence electrons. The molecule has 0 radical (unpaired) electrons. The van der Waals surface area contributed by atoms with Crippen molar-refractivity contribution >= 4 is 5.91 Å². The van der Waals surface area contributed by atoms with Crippen LogP contribution in [0.4, 0.5) is 0 Å². The molecule has 0 saturated carbocycles. The summed E-state index contributed by atoms with van der Waals surface area (Å²) in [5.41, 5.74) is 0.729. The lowest BCUT2D eigenvalue weighted by atomic mass is 10.2. The first-order valence-corrected chi connectivity index (χ1v) is 5.11. The van der Waals surface area contributed by atoms with Crippen LogP contribution < -0.4 is 10.6 Å². The molecule has 1 heterocycles. The summed E-state index contributed by atoms with van der Waals surface area (Å²) in [4.78, 5) is 11.3. The van der Waals surface area contributed by atoms with Gasteiger partial charge in [0.05, 0.1) is 13.1 Å². The number of hydrogen-bond donors (Lipinski definition) is 2. The fourth-order valence-electron chi connectivity index (χ4n) is 0.992. The molecule has 1 atom stereocenters. The Hall–Kier alpha value is -1.36. The van der Waals surface area contributed by atoms with Gasteiger partial charge in [-0.2, -0.15) is 0 Å². The van der Waals surface area contributed by atoms with Crippen molar-refractivity contribution < 1.29 is 9.32 Å². The van der Waals surface area contributed by atoms with Gasteiger partial charge in [-0.3, -0.25) is 4.79 Å². The fraction of sp³-hybridized carbons (Fsp3) is 0.600. The summed E-state index contributed by atoms with van der Waals surface area (Å²) < 4.78 is 4.65. The summed E-state index contributed by atoms with van der Waals surface area (Å²) in [6.45, 7) is 4.88. The molecule has 5 heteroatoms. The van der Waals surface area contributed by atoms with Gasteiger partial charge in [0.25, 0.3) is 0 Å². The van der Waals surface area contributed by atoms with Gasteiger partial charge in [0.2, 0.25) is 5.91 Å². The second-order valence-electron chi connectivity index (χ2n) is 3.46. The number of carbonyl (C=O) groups is 1. The Morgan fingerprint density at radius 2 is 2.47 bits per heavy atom. The number of rotatable bonds is 6. The van der Waals surface area contributed by atoms with Crippen molar-refractivity contribution in [2.75, 3.05) is 6.54 Å². The molecule has 0 fully saturated rings. The summed E-state index contributed by atoms with van der Waals surface area (Å²) in [6.07, 6.45) is 2.50. The zero-order valence-electron chi connectivity index (χ0n) is 9.12. The van der Waals surface area contributed by atoms with E-state index in [4.69, 9.17) is 0 Å². The number of aromatic nitrogens is 1. The van der Waals surface area contributed by atoms with Gasteiger partial charge in [-0.05, 0) is 13.3 Å². The van der Waals surface area contributed by atoms with Crippen molar-refractivity contribution in [3.05, 3.63) is 18.0 Å². The summed E-state index contributed by atoms with van der Waals surface area (Å²) in [5, 5.41) is 9.54. The molecule has 0 aromatic carbocycles. The van der Waals surface area contributed by atoms with Crippen molar-refractivity contribution in [1.82, 2.24) is 15.8 Å². The summed E-state index contributed by atoms with van der Waals surface area (Å²) in [6, 6.07) is 2.09. The van der Waals surface area contributed by atoms with Crippen LogP contribution in [0, 0.1) is 0 Å². The first kappa shape index (κ1) is 11.7. The molecule has 1 aromatic heterocycles. The maximum atomic E-state index is 11.3. The molecule has 1 rings (SSSR count). The van der Waals surface area contributed by atoms with Crippen LogP contribution in [0.15, 0.2) is 16.9 Å². The maximum absolute atomic E-state index is 11.3. The van der Waals surface area contributed by atoms with E-state index in [1.165, 1.54) is 6.26 Å². The third-order valence-corrected chi connectivity index (χ3v) is 2.18. The quantitative estimate of drug-likeness (QED) is 0.726. The van der Waals surface area contributed by atoms with E-state index < -0.39 is 0 Å². The molecule has 0 aliphatic carbocycles. The molecule has 0 bridgehead atoms. The van der Waals surface area contributed by atoms with Crippen LogP contribution in [0.2, 0.25) is 0 Å². The Labute approximate surface area is 89.2 Å². The lowest BCUT2D eigenvalue weighted by Crippen LogP contribution is -2.37. The second kappa shape index (κ2) is 6.19. The van der Waals surface area contributed by atoms with Gasteiger partial charge in [-0.25, -0.2) is 0 Å². The summed E-state index contributed by atoms with van der Waals surface area (Å²) >= 11 is 0. The molecule has 1 aromatic rings. The molecule has 0 saturated heterocycles. The second-order valence-corrected chi connectivity index (χ2v) is 3.46. The standard InChI is InChI=1S/C10H17N3O2/c1-3-8(2)11-7-10(14)12-6-9-4-5-15-13-9/h4-5,8,11H,3,6-7H2,1-2H3,(H,12,14). The van der Waals surface area contributed by atoms with Crippen LogP contribution in [0.1, 0.15) is 26.0 Å². The van der Waals surface area contributed by atoms with Crippen molar-refractivity contribution in [1.29, 1.82) is 0 Å². The Kier molecular flexibility index (Phi) is 4.83. The van der Waals surface area contributed by atoms with Crippen LogP contribution in [0.3, 0.4) is 0 Å². The van der Waals surface area contributed by atoms with Crippen LogP contribution in [-0.2, 0) is 11.3 Å². The SMILES string of the molecule is CCC(C)NCC(=O)NCc1ccon1. The zero-order valence-corrected chi connectivity index (χ0v) is 9.12. The highest BCUT2D eigenvalue weighted by molar-refractivity contribution is 5.77. The highest BCUT2D eigenvalue weighted by Crippen LogP contribution is 1.92.